The number of rotatable bonds is 12. The van der Waals surface area contributed by atoms with Gasteiger partial charge in [0.2, 0.25) is 0 Å². The van der Waals surface area contributed by atoms with Gasteiger partial charge in [0.15, 0.2) is 6.20 Å². The van der Waals surface area contributed by atoms with Crippen LogP contribution in [0.1, 0.15) is 65.2 Å². The fraction of sp³-hybridized carbons (Fsp3) is 0.571. The maximum Gasteiger partial charge on any atom is 0.328 e. The van der Waals surface area contributed by atoms with Crippen molar-refractivity contribution in [2.24, 2.45) is 0 Å². The van der Waals surface area contributed by atoms with Crippen LogP contribution >= 0.6 is 0 Å². The Hall–Kier alpha value is -1.77. The highest BCUT2D eigenvalue weighted by Gasteiger charge is 2.20. The number of aromatic nitrogens is 2. The zero-order chi connectivity index (χ0) is 17.0. The molecule has 0 atom stereocenters. The molecule has 2 aromatic rings. The number of unbranched alkanes of at least 4 members (excludes halogenated alkanes) is 7. The van der Waals surface area contributed by atoms with E-state index in [2.05, 4.69) is 48.0 Å². The van der Waals surface area contributed by atoms with E-state index in [1.807, 2.05) is 17.9 Å². The van der Waals surface area contributed by atoms with Crippen LogP contribution in [0.3, 0.4) is 0 Å². The molecule has 0 aliphatic rings. The summed E-state index contributed by atoms with van der Waals surface area (Å²) >= 11 is 0. The maximum atomic E-state index is 5.75. The first-order valence-corrected chi connectivity index (χ1v) is 9.66. The molecule has 1 aromatic carbocycles. The van der Waals surface area contributed by atoms with Crippen LogP contribution in [0.5, 0.6) is 0 Å². The fourth-order valence-corrected chi connectivity index (χ4v) is 3.13. The molecule has 0 bridgehead atoms. The quantitative estimate of drug-likeness (QED) is 0.394. The number of aryl methyl sites for hydroxylation is 1. The first-order chi connectivity index (χ1) is 11.9. The summed E-state index contributed by atoms with van der Waals surface area (Å²) in [4.78, 5) is 5.75. The lowest BCUT2D eigenvalue weighted by Crippen LogP contribution is -2.35. The van der Waals surface area contributed by atoms with Crippen molar-refractivity contribution in [3.63, 3.8) is 0 Å². The third kappa shape index (κ3) is 5.70. The summed E-state index contributed by atoms with van der Waals surface area (Å²) in [7, 11) is 0. The van der Waals surface area contributed by atoms with Gasteiger partial charge in [0.05, 0.1) is 12.1 Å². The lowest BCUT2D eigenvalue weighted by molar-refractivity contribution is -0.686. The highest BCUT2D eigenvalue weighted by molar-refractivity contribution is 5.51. The number of hydrogen-bond acceptors (Lipinski definition) is 1. The Morgan fingerprint density at radius 2 is 1.54 bits per heavy atom. The molecule has 0 unspecified atom stereocenters. The third-order valence-corrected chi connectivity index (χ3v) is 4.42. The normalized spacial score (nSPS) is 10.9. The molecule has 1 heterocycles. The molecule has 0 radical (unpaired) electrons. The lowest BCUT2D eigenvalue weighted by Gasteiger charge is -2.05. The van der Waals surface area contributed by atoms with Crippen LogP contribution in [-0.4, -0.2) is 11.3 Å². The van der Waals surface area contributed by atoms with Gasteiger partial charge in [-0.2, -0.15) is 0 Å². The number of hydrogen-bond donors (Lipinski definition) is 0. The zero-order valence-electron chi connectivity index (χ0n) is 15.4. The van der Waals surface area contributed by atoms with Gasteiger partial charge in [0.1, 0.15) is 12.8 Å². The standard InChI is InChI=1S/C21H33N2O/c1-3-5-6-7-8-9-10-14-17-22-18-19-23(24-4-2)21(22)20-15-12-11-13-16-20/h11-13,15-16,18-19H,3-10,14,17H2,1-2H3/q+1. The maximum absolute atomic E-state index is 5.75. The highest BCUT2D eigenvalue weighted by atomic mass is 16.7. The van der Waals surface area contributed by atoms with E-state index >= 15 is 0 Å². The molecule has 3 heteroatoms. The Bertz CT molecular complexity index is 562. The van der Waals surface area contributed by atoms with Crippen LogP contribution in [0, 0.1) is 0 Å². The van der Waals surface area contributed by atoms with E-state index in [-0.39, 0.29) is 0 Å². The van der Waals surface area contributed by atoms with Gasteiger partial charge in [-0.15, -0.1) is 0 Å². The van der Waals surface area contributed by atoms with E-state index in [4.69, 9.17) is 4.84 Å². The fourth-order valence-electron chi connectivity index (χ4n) is 3.13. The van der Waals surface area contributed by atoms with Gasteiger partial charge in [0, 0.05) is 0 Å². The van der Waals surface area contributed by atoms with E-state index in [0.29, 0.717) is 6.61 Å². The summed E-state index contributed by atoms with van der Waals surface area (Å²) in [6, 6.07) is 10.5. The summed E-state index contributed by atoms with van der Waals surface area (Å²) < 4.78 is 4.22. The second-order valence-corrected chi connectivity index (χ2v) is 6.40. The second kappa shape index (κ2) is 10.9. The van der Waals surface area contributed by atoms with Crippen LogP contribution in [-0.2, 0) is 6.54 Å². The van der Waals surface area contributed by atoms with Crippen molar-refractivity contribution < 1.29 is 9.40 Å². The van der Waals surface area contributed by atoms with Crippen molar-refractivity contribution in [1.29, 1.82) is 0 Å². The van der Waals surface area contributed by atoms with Crippen LogP contribution in [0.15, 0.2) is 42.7 Å². The predicted octanol–water partition coefficient (Wildman–Crippen LogP) is 5.03. The van der Waals surface area contributed by atoms with Crippen LogP contribution in [0.2, 0.25) is 0 Å². The molecule has 0 aliphatic carbocycles. The Kier molecular flexibility index (Phi) is 8.43. The number of nitrogens with zero attached hydrogens (tertiary/aromatic N) is 2. The molecular formula is C21H33N2O+. The molecule has 0 N–H and O–H groups in total. The van der Waals surface area contributed by atoms with Crippen molar-refractivity contribution in [3.05, 3.63) is 42.7 Å². The van der Waals surface area contributed by atoms with E-state index in [1.54, 1.807) is 0 Å². The van der Waals surface area contributed by atoms with Gasteiger partial charge in [0.25, 0.3) is 0 Å². The monoisotopic (exact) mass is 329 g/mol. The van der Waals surface area contributed by atoms with Gasteiger partial charge in [-0.3, -0.25) is 0 Å². The van der Waals surface area contributed by atoms with Crippen molar-refractivity contribution in [2.45, 2.75) is 71.8 Å². The van der Waals surface area contributed by atoms with Gasteiger partial charge in [-0.1, -0.05) is 63.6 Å². The van der Waals surface area contributed by atoms with Crippen LogP contribution in [0.4, 0.5) is 0 Å². The van der Waals surface area contributed by atoms with Gasteiger partial charge >= 0.3 is 5.82 Å². The van der Waals surface area contributed by atoms with Crippen molar-refractivity contribution in [2.75, 3.05) is 6.61 Å². The summed E-state index contributed by atoms with van der Waals surface area (Å²) in [5.74, 6) is 1.14. The van der Waals surface area contributed by atoms with E-state index < -0.39 is 0 Å². The summed E-state index contributed by atoms with van der Waals surface area (Å²) in [6.45, 7) is 6.03. The molecule has 0 amide bonds. The average molecular weight is 330 g/mol. The van der Waals surface area contributed by atoms with Gasteiger partial charge in [-0.25, -0.2) is 4.57 Å². The molecule has 2 rings (SSSR count). The van der Waals surface area contributed by atoms with Crippen LogP contribution < -0.4 is 9.40 Å². The first-order valence-electron chi connectivity index (χ1n) is 9.66. The summed E-state index contributed by atoms with van der Waals surface area (Å²) in [6.07, 6.45) is 15.0. The highest BCUT2D eigenvalue weighted by Crippen LogP contribution is 2.15. The average Bonchev–Trinajstić information content (AvgIpc) is 3.01. The smallest absolute Gasteiger partial charge is 0.328 e. The van der Waals surface area contributed by atoms with E-state index in [0.717, 1.165) is 12.4 Å². The van der Waals surface area contributed by atoms with E-state index in [9.17, 15) is 0 Å². The molecule has 0 saturated carbocycles. The molecule has 1 aromatic heterocycles. The molecule has 3 nitrogen and oxygen atoms in total. The van der Waals surface area contributed by atoms with Crippen LogP contribution in [0.25, 0.3) is 11.4 Å². The molecule has 24 heavy (non-hydrogen) atoms. The van der Waals surface area contributed by atoms with Gasteiger partial charge < -0.3 is 4.84 Å². The minimum atomic E-state index is 0.673. The Morgan fingerprint density at radius 1 is 0.875 bits per heavy atom. The Morgan fingerprint density at radius 3 is 2.21 bits per heavy atom. The Labute approximate surface area is 147 Å². The summed E-state index contributed by atoms with van der Waals surface area (Å²) in [5, 5.41) is 0. The van der Waals surface area contributed by atoms with Crippen molar-refractivity contribution in [1.82, 2.24) is 4.73 Å². The van der Waals surface area contributed by atoms with E-state index in [1.165, 1.54) is 56.9 Å². The van der Waals surface area contributed by atoms with Crippen molar-refractivity contribution >= 4 is 0 Å². The van der Waals surface area contributed by atoms with Crippen molar-refractivity contribution in [3.8, 4) is 11.4 Å². The minimum absolute atomic E-state index is 0.673. The number of imidazole rings is 1. The second-order valence-electron chi connectivity index (χ2n) is 6.40. The lowest BCUT2D eigenvalue weighted by atomic mass is 10.1. The first kappa shape index (κ1) is 18.6. The molecule has 0 aliphatic heterocycles. The minimum Gasteiger partial charge on any atom is -0.336 e. The third-order valence-electron chi connectivity index (χ3n) is 4.42. The molecule has 0 spiro atoms. The molecule has 0 fully saturated rings. The molecule has 0 saturated heterocycles. The summed E-state index contributed by atoms with van der Waals surface area (Å²) in [5.41, 5.74) is 1.20. The topological polar surface area (TPSA) is 18.0 Å². The zero-order valence-corrected chi connectivity index (χ0v) is 15.4. The predicted molar refractivity (Wildman–Crippen MR) is 99.8 cm³/mol. The molecule has 132 valence electrons. The SMILES string of the molecule is CCCCCCCCCC[n+]1ccn(OCC)c1-c1ccccc1. The van der Waals surface area contributed by atoms with Gasteiger partial charge in [-0.05, 0) is 36.6 Å². The Balaban J connectivity index is 1.86. The molecular weight excluding hydrogens is 296 g/mol. The number of benzene rings is 1. The largest absolute Gasteiger partial charge is 0.336 e.